The summed E-state index contributed by atoms with van der Waals surface area (Å²) in [6.07, 6.45) is 3.47. The fourth-order valence-electron chi connectivity index (χ4n) is 4.78. The van der Waals surface area contributed by atoms with Crippen LogP contribution in [0.5, 0.6) is 5.75 Å². The summed E-state index contributed by atoms with van der Waals surface area (Å²) in [5, 5.41) is 8.61. The molecule has 5 rings (SSSR count). The number of H-pyrrole nitrogens is 1. The molecule has 0 saturated heterocycles. The summed E-state index contributed by atoms with van der Waals surface area (Å²) in [7, 11) is 1.60. The van der Waals surface area contributed by atoms with Gasteiger partial charge in [0.1, 0.15) is 11.3 Å². The second kappa shape index (κ2) is 9.54. The number of aromatic nitrogens is 4. The molecule has 0 aliphatic carbocycles. The highest BCUT2D eigenvalue weighted by Gasteiger charge is 2.26. The maximum atomic E-state index is 13.4. The lowest BCUT2D eigenvalue weighted by atomic mass is 10.0. The van der Waals surface area contributed by atoms with E-state index >= 15 is 0 Å². The number of methoxy groups -OCH3 is 1. The molecule has 2 N–H and O–H groups in total. The van der Waals surface area contributed by atoms with Crippen molar-refractivity contribution in [1.82, 2.24) is 24.9 Å². The molecule has 0 aliphatic heterocycles. The van der Waals surface area contributed by atoms with E-state index in [-0.39, 0.29) is 29.1 Å². The Morgan fingerprint density at radius 2 is 1.89 bits per heavy atom. The second-order valence-corrected chi connectivity index (χ2v) is 9.51. The molecule has 5 aromatic rings. The fourth-order valence-corrected chi connectivity index (χ4v) is 4.78. The lowest BCUT2D eigenvalue weighted by Gasteiger charge is -2.17. The molecule has 0 saturated carbocycles. The highest BCUT2D eigenvalue weighted by atomic mass is 16.5. The number of hydrogen-bond acceptors (Lipinski definition) is 5. The number of nitrogens with zero attached hydrogens (tertiary/aromatic N) is 3. The second-order valence-electron chi connectivity index (χ2n) is 9.51. The summed E-state index contributed by atoms with van der Waals surface area (Å²) in [6, 6.07) is 15.2. The molecule has 2 aromatic carbocycles. The molecular weight excluding hydrogens is 466 g/mol. The number of benzene rings is 2. The summed E-state index contributed by atoms with van der Waals surface area (Å²) >= 11 is 0. The highest BCUT2D eigenvalue weighted by Crippen LogP contribution is 2.28. The van der Waals surface area contributed by atoms with Gasteiger partial charge in [0, 0.05) is 28.3 Å². The van der Waals surface area contributed by atoms with Crippen LogP contribution in [0, 0.1) is 6.92 Å². The van der Waals surface area contributed by atoms with Crippen LogP contribution in [-0.2, 0) is 0 Å². The number of fused-ring (bicyclic) bond motifs is 2. The molecule has 1 amide bonds. The molecule has 1 unspecified atom stereocenters. The van der Waals surface area contributed by atoms with Crippen LogP contribution in [0.15, 0.2) is 65.7 Å². The van der Waals surface area contributed by atoms with Gasteiger partial charge in [-0.1, -0.05) is 44.2 Å². The third-order valence-electron chi connectivity index (χ3n) is 6.66. The maximum Gasteiger partial charge on any atom is 0.274 e. The molecule has 0 fully saturated rings. The van der Waals surface area contributed by atoms with Crippen molar-refractivity contribution in [3.63, 3.8) is 0 Å². The Kier molecular flexibility index (Phi) is 6.25. The molecule has 0 radical (unpaired) electrons. The maximum absolute atomic E-state index is 13.4. The number of aryl methyl sites for hydroxylation is 1. The predicted octanol–water partition coefficient (Wildman–Crippen LogP) is 5.17. The van der Waals surface area contributed by atoms with Crippen LogP contribution in [-0.4, -0.2) is 32.6 Å². The highest BCUT2D eigenvalue weighted by molar-refractivity contribution is 5.96. The topological polar surface area (TPSA) is 101 Å². The quantitative estimate of drug-likeness (QED) is 0.338. The molecule has 37 heavy (non-hydrogen) atoms. The van der Waals surface area contributed by atoms with Gasteiger partial charge in [-0.15, -0.1) is 0 Å². The first-order valence-electron chi connectivity index (χ1n) is 12.2. The monoisotopic (exact) mass is 495 g/mol. The van der Waals surface area contributed by atoms with Crippen LogP contribution in [0.4, 0.5) is 0 Å². The SMILES string of the molecule is COc1ccccc1C(C)NC(=O)c1nn2cc(-c3cnc4cccc(C)c4c3)[nH]c(=O)c2c1C(C)C. The van der Waals surface area contributed by atoms with E-state index in [2.05, 4.69) is 20.4 Å². The Hall–Kier alpha value is -4.46. The number of para-hydroxylation sites is 1. The Bertz CT molecular complexity index is 1700. The molecule has 0 spiro atoms. The van der Waals surface area contributed by atoms with Gasteiger partial charge in [0.25, 0.3) is 11.5 Å². The average Bonchev–Trinajstić information content (AvgIpc) is 3.29. The van der Waals surface area contributed by atoms with Crippen molar-refractivity contribution in [3.8, 4) is 17.0 Å². The number of rotatable bonds is 6. The minimum atomic E-state index is -0.352. The third kappa shape index (κ3) is 4.35. The fraction of sp³-hybridized carbons (Fsp3) is 0.241. The van der Waals surface area contributed by atoms with E-state index in [4.69, 9.17) is 4.74 Å². The van der Waals surface area contributed by atoms with Gasteiger partial charge in [-0.3, -0.25) is 14.6 Å². The van der Waals surface area contributed by atoms with Gasteiger partial charge >= 0.3 is 0 Å². The summed E-state index contributed by atoms with van der Waals surface area (Å²) in [5.41, 5.74) is 5.05. The van der Waals surface area contributed by atoms with Gasteiger partial charge in [-0.05, 0) is 43.5 Å². The number of ether oxygens (including phenoxy) is 1. The van der Waals surface area contributed by atoms with Crippen LogP contribution in [0.25, 0.3) is 27.7 Å². The zero-order valence-electron chi connectivity index (χ0n) is 21.5. The van der Waals surface area contributed by atoms with E-state index in [9.17, 15) is 9.59 Å². The number of hydrogen-bond donors (Lipinski definition) is 2. The number of carbonyl (C=O) groups is 1. The first-order chi connectivity index (χ1) is 17.8. The minimum absolute atomic E-state index is 0.100. The average molecular weight is 496 g/mol. The largest absolute Gasteiger partial charge is 0.496 e. The van der Waals surface area contributed by atoms with Crippen LogP contribution in [0.1, 0.15) is 59.9 Å². The van der Waals surface area contributed by atoms with Crippen molar-refractivity contribution < 1.29 is 9.53 Å². The molecule has 0 bridgehead atoms. The lowest BCUT2D eigenvalue weighted by molar-refractivity contribution is 0.0933. The van der Waals surface area contributed by atoms with E-state index in [1.807, 2.05) is 76.2 Å². The smallest absolute Gasteiger partial charge is 0.274 e. The number of nitrogens with one attached hydrogen (secondary N) is 2. The Morgan fingerprint density at radius 1 is 1.11 bits per heavy atom. The molecule has 188 valence electrons. The van der Waals surface area contributed by atoms with Crippen LogP contribution < -0.4 is 15.6 Å². The standard InChI is InChI=1S/C29H29N5O3/c1-16(2)25-26(28(35)31-18(4)20-10-6-7-12-24(20)37-5)33-34-15-23(32-29(36)27(25)34)19-13-21-17(3)9-8-11-22(21)30-14-19/h6-16,18H,1-5H3,(H,31,35)(H,32,36). The molecule has 1 atom stereocenters. The van der Waals surface area contributed by atoms with Crippen LogP contribution in [0.3, 0.4) is 0 Å². The first kappa shape index (κ1) is 24.2. The Labute approximate surface area is 214 Å². The van der Waals surface area contributed by atoms with Crippen LogP contribution >= 0.6 is 0 Å². The first-order valence-corrected chi connectivity index (χ1v) is 12.2. The normalized spacial score (nSPS) is 12.3. The molecule has 8 nitrogen and oxygen atoms in total. The van der Waals surface area contributed by atoms with Crippen molar-refractivity contribution in [2.75, 3.05) is 7.11 Å². The molecule has 3 heterocycles. The van der Waals surface area contributed by atoms with Gasteiger partial charge in [0.15, 0.2) is 5.69 Å². The van der Waals surface area contributed by atoms with E-state index in [0.29, 0.717) is 22.5 Å². The van der Waals surface area contributed by atoms with Gasteiger partial charge in [-0.25, -0.2) is 4.52 Å². The van der Waals surface area contributed by atoms with Crippen molar-refractivity contribution in [1.29, 1.82) is 0 Å². The number of aromatic amines is 1. The molecule has 0 aliphatic rings. The summed E-state index contributed by atoms with van der Waals surface area (Å²) < 4.78 is 6.96. The van der Waals surface area contributed by atoms with E-state index in [0.717, 1.165) is 27.6 Å². The minimum Gasteiger partial charge on any atom is -0.496 e. The zero-order valence-corrected chi connectivity index (χ0v) is 21.5. The van der Waals surface area contributed by atoms with Crippen LogP contribution in [0.2, 0.25) is 0 Å². The lowest BCUT2D eigenvalue weighted by Crippen LogP contribution is -2.28. The van der Waals surface area contributed by atoms with E-state index in [1.54, 1.807) is 19.5 Å². The zero-order chi connectivity index (χ0) is 26.3. The molecule has 8 heteroatoms. The number of amides is 1. The van der Waals surface area contributed by atoms with Gasteiger partial charge < -0.3 is 15.0 Å². The number of pyridine rings is 1. The molecular formula is C29H29N5O3. The number of carbonyl (C=O) groups excluding carboxylic acids is 1. The predicted molar refractivity (Wildman–Crippen MR) is 144 cm³/mol. The molecule has 3 aromatic heterocycles. The van der Waals surface area contributed by atoms with E-state index < -0.39 is 0 Å². The van der Waals surface area contributed by atoms with Gasteiger partial charge in [0.2, 0.25) is 0 Å². The van der Waals surface area contributed by atoms with Gasteiger partial charge in [0.05, 0.1) is 30.6 Å². The Morgan fingerprint density at radius 3 is 2.65 bits per heavy atom. The summed E-state index contributed by atoms with van der Waals surface area (Å²) in [6.45, 7) is 7.81. The Balaban J connectivity index is 1.57. The van der Waals surface area contributed by atoms with Crippen molar-refractivity contribution >= 4 is 22.3 Å². The van der Waals surface area contributed by atoms with Gasteiger partial charge in [-0.2, -0.15) is 5.10 Å². The summed E-state index contributed by atoms with van der Waals surface area (Å²) in [5.74, 6) is 0.237. The summed E-state index contributed by atoms with van der Waals surface area (Å²) in [4.78, 5) is 34.3. The third-order valence-corrected chi connectivity index (χ3v) is 6.66. The van der Waals surface area contributed by atoms with Crippen molar-refractivity contribution in [2.24, 2.45) is 0 Å². The van der Waals surface area contributed by atoms with Crippen molar-refractivity contribution in [3.05, 3.63) is 93.7 Å². The van der Waals surface area contributed by atoms with Crippen molar-refractivity contribution in [2.45, 2.75) is 39.7 Å². The van der Waals surface area contributed by atoms with E-state index in [1.165, 1.54) is 4.52 Å².